The summed E-state index contributed by atoms with van der Waals surface area (Å²) in [5, 5.41) is 21.6. The predicted octanol–water partition coefficient (Wildman–Crippen LogP) is 2.24. The topological polar surface area (TPSA) is 95.6 Å². The first kappa shape index (κ1) is 12.8. The molecule has 0 fully saturated rings. The molecule has 2 rings (SSSR count). The van der Waals surface area contributed by atoms with Crippen LogP contribution in [-0.2, 0) is 0 Å². The summed E-state index contributed by atoms with van der Waals surface area (Å²) in [5.41, 5.74) is 7.16. The Morgan fingerprint density at radius 1 is 1.11 bits per heavy atom. The second-order valence-electron chi connectivity index (χ2n) is 4.23. The minimum absolute atomic E-state index is 0.109. The molecule has 0 unspecified atom stereocenters. The maximum absolute atomic E-state index is 11.9. The van der Waals surface area contributed by atoms with Crippen molar-refractivity contribution in [3.8, 4) is 11.5 Å². The van der Waals surface area contributed by atoms with Crippen molar-refractivity contribution >= 4 is 17.3 Å². The van der Waals surface area contributed by atoms with Crippen molar-refractivity contribution in [2.75, 3.05) is 11.1 Å². The molecule has 0 aromatic heterocycles. The van der Waals surface area contributed by atoms with Crippen LogP contribution in [0.1, 0.15) is 15.9 Å². The molecule has 2 aromatic rings. The zero-order valence-electron chi connectivity index (χ0n) is 10.3. The average Bonchev–Trinajstić information content (AvgIpc) is 2.37. The van der Waals surface area contributed by atoms with Gasteiger partial charge in [-0.15, -0.1) is 0 Å². The lowest BCUT2D eigenvalue weighted by Gasteiger charge is -2.08. The van der Waals surface area contributed by atoms with Gasteiger partial charge in [-0.1, -0.05) is 6.07 Å². The molecule has 0 spiro atoms. The molecule has 0 atom stereocenters. The summed E-state index contributed by atoms with van der Waals surface area (Å²) in [6.45, 7) is 1.76. The van der Waals surface area contributed by atoms with E-state index in [0.29, 0.717) is 5.69 Å². The Labute approximate surface area is 110 Å². The van der Waals surface area contributed by atoms with Gasteiger partial charge in [0.05, 0.1) is 5.69 Å². The van der Waals surface area contributed by atoms with E-state index in [0.717, 1.165) is 5.56 Å². The molecule has 5 nitrogen and oxygen atoms in total. The Hall–Kier alpha value is -2.69. The first-order valence-corrected chi connectivity index (χ1v) is 5.67. The third kappa shape index (κ3) is 2.77. The number of phenolic OH excluding ortho intramolecular Hbond substituents is 2. The van der Waals surface area contributed by atoms with Gasteiger partial charge in [-0.3, -0.25) is 4.79 Å². The van der Waals surface area contributed by atoms with Crippen molar-refractivity contribution in [3.05, 3.63) is 47.5 Å². The Morgan fingerprint density at radius 2 is 1.84 bits per heavy atom. The van der Waals surface area contributed by atoms with Crippen LogP contribution in [-0.4, -0.2) is 16.1 Å². The summed E-state index contributed by atoms with van der Waals surface area (Å²) >= 11 is 0. The van der Waals surface area contributed by atoms with Gasteiger partial charge in [-0.25, -0.2) is 0 Å². The lowest BCUT2D eigenvalue weighted by atomic mass is 10.1. The molecule has 0 radical (unpaired) electrons. The van der Waals surface area contributed by atoms with Crippen LogP contribution in [0.5, 0.6) is 11.5 Å². The number of benzene rings is 2. The molecule has 1 amide bonds. The zero-order chi connectivity index (χ0) is 14.0. The van der Waals surface area contributed by atoms with Crippen molar-refractivity contribution in [3.63, 3.8) is 0 Å². The van der Waals surface area contributed by atoms with Gasteiger partial charge < -0.3 is 21.3 Å². The Morgan fingerprint density at radius 3 is 2.47 bits per heavy atom. The molecule has 0 aliphatic heterocycles. The third-order valence-corrected chi connectivity index (χ3v) is 2.76. The number of anilines is 2. The van der Waals surface area contributed by atoms with E-state index in [-0.39, 0.29) is 22.7 Å². The number of carbonyl (C=O) groups is 1. The first-order chi connectivity index (χ1) is 8.97. The minimum atomic E-state index is -0.390. The lowest BCUT2D eigenvalue weighted by molar-refractivity contribution is 0.102. The van der Waals surface area contributed by atoms with Crippen molar-refractivity contribution in [1.82, 2.24) is 0 Å². The number of carbonyl (C=O) groups excluding carboxylic acids is 1. The summed E-state index contributed by atoms with van der Waals surface area (Å²) in [5.74, 6) is -0.420. The highest BCUT2D eigenvalue weighted by molar-refractivity contribution is 6.04. The second-order valence-corrected chi connectivity index (χ2v) is 4.23. The highest BCUT2D eigenvalue weighted by Gasteiger charge is 2.09. The van der Waals surface area contributed by atoms with Crippen molar-refractivity contribution in [2.24, 2.45) is 0 Å². The standard InChI is InChI=1S/C14H14N2O3/c1-8-2-4-10(7-12(8)17)16-14(19)9-3-5-11(15)13(18)6-9/h2-7,17-18H,15H2,1H3,(H,16,19). The number of rotatable bonds is 2. The van der Waals surface area contributed by atoms with Crippen LogP contribution in [0.2, 0.25) is 0 Å². The molecule has 0 aliphatic rings. The van der Waals surface area contributed by atoms with E-state index in [1.54, 1.807) is 19.1 Å². The average molecular weight is 258 g/mol. The fraction of sp³-hybridized carbons (Fsp3) is 0.0714. The van der Waals surface area contributed by atoms with Gasteiger partial charge >= 0.3 is 0 Å². The van der Waals surface area contributed by atoms with Crippen molar-refractivity contribution in [1.29, 1.82) is 0 Å². The second kappa shape index (κ2) is 4.89. The molecule has 0 aliphatic carbocycles. The minimum Gasteiger partial charge on any atom is -0.508 e. The van der Waals surface area contributed by atoms with Gasteiger partial charge in [-0.05, 0) is 36.8 Å². The Bertz CT molecular complexity index is 639. The highest BCUT2D eigenvalue weighted by atomic mass is 16.3. The van der Waals surface area contributed by atoms with E-state index in [9.17, 15) is 15.0 Å². The first-order valence-electron chi connectivity index (χ1n) is 5.67. The van der Waals surface area contributed by atoms with Crippen LogP contribution in [0.3, 0.4) is 0 Å². The van der Waals surface area contributed by atoms with E-state index < -0.39 is 5.91 Å². The number of nitrogens with one attached hydrogen (secondary N) is 1. The number of hydrogen-bond acceptors (Lipinski definition) is 4. The van der Waals surface area contributed by atoms with E-state index in [1.807, 2.05) is 0 Å². The smallest absolute Gasteiger partial charge is 0.255 e. The van der Waals surface area contributed by atoms with Crippen LogP contribution in [0.25, 0.3) is 0 Å². The van der Waals surface area contributed by atoms with E-state index in [4.69, 9.17) is 5.73 Å². The van der Waals surface area contributed by atoms with Gasteiger partial charge in [0.25, 0.3) is 5.91 Å². The summed E-state index contributed by atoms with van der Waals surface area (Å²) in [6.07, 6.45) is 0. The van der Waals surface area contributed by atoms with Crippen molar-refractivity contribution in [2.45, 2.75) is 6.92 Å². The number of aromatic hydroxyl groups is 2. The van der Waals surface area contributed by atoms with Crippen LogP contribution in [0.4, 0.5) is 11.4 Å². The number of hydrogen-bond donors (Lipinski definition) is 4. The molecule has 0 bridgehead atoms. The molecule has 2 aromatic carbocycles. The maximum atomic E-state index is 11.9. The Kier molecular flexibility index (Phi) is 3.29. The molecule has 5 heteroatoms. The number of aryl methyl sites for hydroxylation is 1. The largest absolute Gasteiger partial charge is 0.508 e. The Balaban J connectivity index is 2.20. The number of phenols is 2. The molecule has 0 heterocycles. The quantitative estimate of drug-likeness (QED) is 0.490. The summed E-state index contributed by atoms with van der Waals surface area (Å²) in [6, 6.07) is 9.11. The van der Waals surface area contributed by atoms with E-state index in [2.05, 4.69) is 5.32 Å². The van der Waals surface area contributed by atoms with Crippen LogP contribution < -0.4 is 11.1 Å². The van der Waals surface area contributed by atoms with Gasteiger partial charge in [0.15, 0.2) is 0 Å². The molecule has 5 N–H and O–H groups in total. The summed E-state index contributed by atoms with van der Waals surface area (Å²) < 4.78 is 0. The summed E-state index contributed by atoms with van der Waals surface area (Å²) in [4.78, 5) is 11.9. The number of amides is 1. The molecular weight excluding hydrogens is 244 g/mol. The van der Waals surface area contributed by atoms with Gasteiger partial charge in [0, 0.05) is 17.3 Å². The maximum Gasteiger partial charge on any atom is 0.255 e. The molecule has 0 saturated carbocycles. The number of nitrogen functional groups attached to an aromatic ring is 1. The molecular formula is C14H14N2O3. The number of nitrogens with two attached hydrogens (primary N) is 1. The lowest BCUT2D eigenvalue weighted by Crippen LogP contribution is -2.11. The van der Waals surface area contributed by atoms with Crippen LogP contribution >= 0.6 is 0 Å². The van der Waals surface area contributed by atoms with Gasteiger partial charge in [-0.2, -0.15) is 0 Å². The van der Waals surface area contributed by atoms with Gasteiger partial charge in [0.1, 0.15) is 11.5 Å². The fourth-order valence-electron chi connectivity index (χ4n) is 1.58. The monoisotopic (exact) mass is 258 g/mol. The van der Waals surface area contributed by atoms with E-state index >= 15 is 0 Å². The van der Waals surface area contributed by atoms with Gasteiger partial charge in [0.2, 0.25) is 0 Å². The van der Waals surface area contributed by atoms with Crippen LogP contribution in [0, 0.1) is 6.92 Å². The fourth-order valence-corrected chi connectivity index (χ4v) is 1.58. The normalized spacial score (nSPS) is 10.2. The highest BCUT2D eigenvalue weighted by Crippen LogP contribution is 2.23. The summed E-state index contributed by atoms with van der Waals surface area (Å²) in [7, 11) is 0. The van der Waals surface area contributed by atoms with Crippen molar-refractivity contribution < 1.29 is 15.0 Å². The third-order valence-electron chi connectivity index (χ3n) is 2.76. The molecule has 19 heavy (non-hydrogen) atoms. The molecule has 98 valence electrons. The van der Waals surface area contributed by atoms with Crippen LogP contribution in [0.15, 0.2) is 36.4 Å². The molecule has 0 saturated heterocycles. The SMILES string of the molecule is Cc1ccc(NC(=O)c2ccc(N)c(O)c2)cc1O. The zero-order valence-corrected chi connectivity index (χ0v) is 10.3. The predicted molar refractivity (Wildman–Crippen MR) is 73.3 cm³/mol. The van der Waals surface area contributed by atoms with E-state index in [1.165, 1.54) is 24.3 Å².